The van der Waals surface area contributed by atoms with Crippen molar-refractivity contribution in [1.29, 1.82) is 0 Å². The van der Waals surface area contributed by atoms with E-state index in [0.29, 0.717) is 6.07 Å². The van der Waals surface area contributed by atoms with Crippen LogP contribution in [0.5, 0.6) is 0 Å². The van der Waals surface area contributed by atoms with Crippen molar-refractivity contribution in [2.45, 2.75) is 43.5 Å². The Morgan fingerprint density at radius 1 is 1.29 bits per heavy atom. The second-order valence-electron chi connectivity index (χ2n) is 5.14. The molecule has 0 saturated heterocycles. The normalized spacial score (nSPS) is 15.0. The van der Waals surface area contributed by atoms with Gasteiger partial charge < -0.3 is 5.11 Å². The zero-order valence-corrected chi connectivity index (χ0v) is 13.1. The summed E-state index contributed by atoms with van der Waals surface area (Å²) >= 11 is 5.44. The molecule has 0 aliphatic heterocycles. The zero-order valence-electron chi connectivity index (χ0n) is 11.5. The quantitative estimate of drug-likeness (QED) is 0.881. The van der Waals surface area contributed by atoms with E-state index >= 15 is 0 Å². The summed E-state index contributed by atoms with van der Waals surface area (Å²) in [4.78, 5) is -0.576. The van der Waals surface area contributed by atoms with Crippen molar-refractivity contribution in [3.8, 4) is 0 Å². The molecule has 1 aromatic carbocycles. The molecule has 1 rings (SSSR count). The molecule has 0 aliphatic carbocycles. The largest absolute Gasteiger partial charge is 0.417 e. The van der Waals surface area contributed by atoms with Crippen molar-refractivity contribution in [1.82, 2.24) is 4.72 Å². The van der Waals surface area contributed by atoms with E-state index in [-0.39, 0.29) is 0 Å². The number of rotatable bonds is 4. The lowest BCUT2D eigenvalue weighted by Gasteiger charge is -2.29. The van der Waals surface area contributed by atoms with E-state index in [1.807, 2.05) is 0 Å². The van der Waals surface area contributed by atoms with Gasteiger partial charge in [0.15, 0.2) is 0 Å². The summed E-state index contributed by atoms with van der Waals surface area (Å²) in [6, 6.07) is 2.30. The Bertz CT molecular complexity index is 627. The maximum Gasteiger partial charge on any atom is 0.417 e. The SMILES string of the molecule is CC(O)C(C)(C)NS(=O)(=O)c1ccc(Cl)c(C(F)(F)F)c1. The molecule has 0 aliphatic rings. The predicted octanol–water partition coefficient (Wildman–Crippen LogP) is 2.80. The van der Waals surface area contributed by atoms with Crippen LogP contribution in [0.3, 0.4) is 0 Å². The molecule has 0 radical (unpaired) electrons. The number of hydrogen-bond donors (Lipinski definition) is 2. The van der Waals surface area contributed by atoms with Gasteiger partial charge in [-0.2, -0.15) is 13.2 Å². The molecule has 0 fully saturated rings. The zero-order chi connectivity index (χ0) is 16.6. The Hall–Kier alpha value is -0.830. The summed E-state index contributed by atoms with van der Waals surface area (Å²) in [5, 5.41) is 8.90. The molecule has 0 aromatic heterocycles. The second-order valence-corrected chi connectivity index (χ2v) is 7.23. The number of hydrogen-bond acceptors (Lipinski definition) is 3. The fourth-order valence-corrected chi connectivity index (χ4v) is 3.11. The Morgan fingerprint density at radius 3 is 2.24 bits per heavy atom. The summed E-state index contributed by atoms with van der Waals surface area (Å²) < 4.78 is 64.6. The predicted molar refractivity (Wildman–Crippen MR) is 72.5 cm³/mol. The van der Waals surface area contributed by atoms with Crippen LogP contribution in [0.25, 0.3) is 0 Å². The highest BCUT2D eigenvalue weighted by atomic mass is 35.5. The van der Waals surface area contributed by atoms with E-state index in [9.17, 15) is 26.7 Å². The van der Waals surface area contributed by atoms with Gasteiger partial charge in [-0.15, -0.1) is 0 Å². The molecule has 9 heteroatoms. The molecule has 0 saturated carbocycles. The Morgan fingerprint density at radius 2 is 1.81 bits per heavy atom. The summed E-state index contributed by atoms with van der Waals surface area (Å²) in [7, 11) is -4.23. The Labute approximate surface area is 126 Å². The van der Waals surface area contributed by atoms with Gasteiger partial charge in [-0.25, -0.2) is 13.1 Å². The molecule has 21 heavy (non-hydrogen) atoms. The number of benzene rings is 1. The summed E-state index contributed by atoms with van der Waals surface area (Å²) in [6.45, 7) is 4.19. The molecule has 1 atom stereocenters. The number of aliphatic hydroxyl groups excluding tert-OH is 1. The van der Waals surface area contributed by atoms with Gasteiger partial charge in [0, 0.05) is 0 Å². The van der Waals surface area contributed by atoms with Gasteiger partial charge in [-0.3, -0.25) is 0 Å². The average molecular weight is 346 g/mol. The minimum absolute atomic E-state index is 0.461. The number of halogens is 4. The molecule has 0 amide bonds. The van der Waals surface area contributed by atoms with Gasteiger partial charge in [0.2, 0.25) is 10.0 Å². The van der Waals surface area contributed by atoms with Crippen LogP contribution in [0, 0.1) is 0 Å². The van der Waals surface area contributed by atoms with Crippen molar-refractivity contribution in [3.63, 3.8) is 0 Å². The molecule has 2 N–H and O–H groups in total. The minimum Gasteiger partial charge on any atom is -0.391 e. The van der Waals surface area contributed by atoms with Crippen LogP contribution in [0.1, 0.15) is 26.3 Å². The molecule has 0 spiro atoms. The summed E-state index contributed by atoms with van der Waals surface area (Å²) in [5.74, 6) is 0. The first-order valence-electron chi connectivity index (χ1n) is 5.86. The highest BCUT2D eigenvalue weighted by Crippen LogP contribution is 2.36. The van der Waals surface area contributed by atoms with Crippen LogP contribution < -0.4 is 4.72 Å². The molecular formula is C12H15ClF3NO3S. The average Bonchev–Trinajstić information content (AvgIpc) is 2.25. The molecule has 0 heterocycles. The van der Waals surface area contributed by atoms with Gasteiger partial charge >= 0.3 is 6.18 Å². The first-order valence-corrected chi connectivity index (χ1v) is 7.72. The standard InChI is InChI=1S/C12H15ClF3NO3S/c1-7(18)11(2,3)17-21(19,20)8-4-5-10(13)9(6-8)12(14,15)16/h4-7,17-18H,1-3H3. The van der Waals surface area contributed by atoms with Crippen molar-refractivity contribution in [2.24, 2.45) is 0 Å². The van der Waals surface area contributed by atoms with Crippen LogP contribution in [0.4, 0.5) is 13.2 Å². The molecule has 0 bridgehead atoms. The van der Waals surface area contributed by atoms with Gasteiger partial charge in [-0.05, 0) is 39.0 Å². The van der Waals surface area contributed by atoms with Crippen LogP contribution in [-0.4, -0.2) is 25.2 Å². The molecule has 1 unspecified atom stereocenters. The molecule has 120 valence electrons. The van der Waals surface area contributed by atoms with Crippen molar-refractivity contribution in [3.05, 3.63) is 28.8 Å². The number of aliphatic hydroxyl groups is 1. The smallest absolute Gasteiger partial charge is 0.391 e. The van der Waals surface area contributed by atoms with E-state index in [2.05, 4.69) is 4.72 Å². The maximum absolute atomic E-state index is 12.7. The van der Waals surface area contributed by atoms with E-state index in [0.717, 1.165) is 12.1 Å². The Kier molecular flexibility index (Phi) is 4.99. The fourth-order valence-electron chi connectivity index (χ4n) is 1.38. The van der Waals surface area contributed by atoms with Gasteiger partial charge in [0.25, 0.3) is 0 Å². The number of sulfonamides is 1. The van der Waals surface area contributed by atoms with Crippen molar-refractivity contribution < 1.29 is 26.7 Å². The van der Waals surface area contributed by atoms with E-state index in [1.54, 1.807) is 0 Å². The summed E-state index contributed by atoms with van der Waals surface area (Å²) in [5.41, 5.74) is -2.47. The number of alkyl halides is 3. The number of nitrogens with one attached hydrogen (secondary N) is 1. The first-order chi connectivity index (χ1) is 9.27. The highest BCUT2D eigenvalue weighted by molar-refractivity contribution is 7.89. The van der Waals surface area contributed by atoms with Crippen LogP contribution in [-0.2, 0) is 16.2 Å². The van der Waals surface area contributed by atoms with E-state index < -0.39 is 43.3 Å². The third-order valence-corrected chi connectivity index (χ3v) is 4.99. The summed E-state index contributed by atoms with van der Waals surface area (Å²) in [6.07, 6.45) is -5.80. The van der Waals surface area contributed by atoms with E-state index in [4.69, 9.17) is 11.6 Å². The van der Waals surface area contributed by atoms with Gasteiger partial charge in [0.05, 0.1) is 27.1 Å². The minimum atomic E-state index is -4.76. The van der Waals surface area contributed by atoms with Crippen molar-refractivity contribution >= 4 is 21.6 Å². The lowest BCUT2D eigenvalue weighted by molar-refractivity contribution is -0.137. The van der Waals surface area contributed by atoms with Crippen molar-refractivity contribution in [2.75, 3.05) is 0 Å². The van der Waals surface area contributed by atoms with Crippen LogP contribution >= 0.6 is 11.6 Å². The maximum atomic E-state index is 12.7. The van der Waals surface area contributed by atoms with Crippen LogP contribution in [0.15, 0.2) is 23.1 Å². The molecule has 1 aromatic rings. The van der Waals surface area contributed by atoms with Gasteiger partial charge in [0.1, 0.15) is 0 Å². The van der Waals surface area contributed by atoms with Crippen LogP contribution in [0.2, 0.25) is 5.02 Å². The lowest BCUT2D eigenvalue weighted by Crippen LogP contribution is -2.50. The molecular weight excluding hydrogens is 331 g/mol. The fraction of sp³-hybridized carbons (Fsp3) is 0.500. The van der Waals surface area contributed by atoms with E-state index in [1.165, 1.54) is 20.8 Å². The second kappa shape index (κ2) is 5.75. The monoisotopic (exact) mass is 345 g/mol. The lowest BCUT2D eigenvalue weighted by atomic mass is 10.0. The first kappa shape index (κ1) is 18.2. The molecule has 4 nitrogen and oxygen atoms in total. The third-order valence-electron chi connectivity index (χ3n) is 3.00. The third kappa shape index (κ3) is 4.32. The van der Waals surface area contributed by atoms with Gasteiger partial charge in [-0.1, -0.05) is 11.6 Å². The highest BCUT2D eigenvalue weighted by Gasteiger charge is 2.36. The Balaban J connectivity index is 3.28. The topological polar surface area (TPSA) is 66.4 Å².